The van der Waals surface area contributed by atoms with Gasteiger partial charge in [0.2, 0.25) is 0 Å². The molecule has 0 aliphatic carbocycles. The van der Waals surface area contributed by atoms with Crippen LogP contribution in [0.25, 0.3) is 22.1 Å². The fourth-order valence-corrected chi connectivity index (χ4v) is 4.40. The number of carbonyl (C=O) groups excluding carboxylic acids is 2. The lowest BCUT2D eigenvalue weighted by Crippen LogP contribution is -2.51. The van der Waals surface area contributed by atoms with Crippen molar-refractivity contribution in [3.05, 3.63) is 64.2 Å². The van der Waals surface area contributed by atoms with Gasteiger partial charge in [0.25, 0.3) is 11.8 Å². The summed E-state index contributed by atoms with van der Waals surface area (Å²) in [5.41, 5.74) is 7.99. The first-order chi connectivity index (χ1) is 17.3. The number of H-pyrrole nitrogens is 1. The molecule has 186 valence electrons. The minimum atomic E-state index is -0.714. The molecule has 0 bridgehead atoms. The molecule has 0 spiro atoms. The number of nitrogens with zero attached hydrogens (tertiary/aromatic N) is 4. The Morgan fingerprint density at radius 3 is 2.56 bits per heavy atom. The summed E-state index contributed by atoms with van der Waals surface area (Å²) in [6.07, 6.45) is -0.140. The van der Waals surface area contributed by atoms with Gasteiger partial charge in [-0.3, -0.25) is 9.59 Å². The molecule has 36 heavy (non-hydrogen) atoms. The third-order valence-electron chi connectivity index (χ3n) is 6.78. The van der Waals surface area contributed by atoms with Crippen LogP contribution in [0.4, 0.5) is 0 Å². The number of hydrogen-bond donors (Lipinski definition) is 2. The Hall–Kier alpha value is -3.85. The van der Waals surface area contributed by atoms with E-state index >= 15 is 0 Å². The third-order valence-corrected chi connectivity index (χ3v) is 6.78. The number of imidazole rings is 1. The number of fused-ring (bicyclic) bond motifs is 2. The zero-order valence-corrected chi connectivity index (χ0v) is 21.0. The van der Waals surface area contributed by atoms with E-state index < -0.39 is 6.10 Å². The molecule has 5 rings (SSSR count). The van der Waals surface area contributed by atoms with Gasteiger partial charge in [-0.15, -0.1) is 0 Å². The van der Waals surface area contributed by atoms with Crippen LogP contribution in [0.1, 0.15) is 38.7 Å². The quantitative estimate of drug-likeness (QED) is 0.449. The van der Waals surface area contributed by atoms with Crippen LogP contribution in [0, 0.1) is 27.7 Å². The monoisotopic (exact) mass is 486 g/mol. The van der Waals surface area contributed by atoms with E-state index in [2.05, 4.69) is 51.2 Å². The lowest BCUT2D eigenvalue weighted by Gasteiger charge is -2.32. The summed E-state index contributed by atoms with van der Waals surface area (Å²) in [6.45, 7) is 9.31. The van der Waals surface area contributed by atoms with Crippen molar-refractivity contribution in [2.75, 3.05) is 26.2 Å². The van der Waals surface area contributed by atoms with Gasteiger partial charge in [-0.05, 0) is 69.2 Å². The summed E-state index contributed by atoms with van der Waals surface area (Å²) in [5.74, 6) is 0.443. The molecule has 1 saturated heterocycles. The van der Waals surface area contributed by atoms with Gasteiger partial charge in [-0.2, -0.15) is 0 Å². The summed E-state index contributed by atoms with van der Waals surface area (Å²) in [7, 11) is 0. The molecule has 1 unspecified atom stereocenters. The van der Waals surface area contributed by atoms with Crippen molar-refractivity contribution in [2.24, 2.45) is 0 Å². The highest BCUT2D eigenvalue weighted by Gasteiger charge is 2.29. The zero-order chi connectivity index (χ0) is 25.4. The molecule has 4 aromatic rings. The van der Waals surface area contributed by atoms with E-state index in [1.54, 1.807) is 17.0 Å². The average molecular weight is 487 g/mol. The van der Waals surface area contributed by atoms with Gasteiger partial charge in [-0.1, -0.05) is 0 Å². The molecule has 0 radical (unpaired) electrons. The molecule has 1 fully saturated rings. The van der Waals surface area contributed by atoms with Crippen LogP contribution >= 0.6 is 0 Å². The number of ether oxygens (including phenoxy) is 1. The Labute approximate surface area is 209 Å². The van der Waals surface area contributed by atoms with Crippen molar-refractivity contribution in [1.29, 1.82) is 0 Å². The lowest BCUT2D eigenvalue weighted by molar-refractivity contribution is -0.137. The minimum absolute atomic E-state index is 0.147. The largest absolute Gasteiger partial charge is 0.365 e. The Bertz CT molecular complexity index is 1440. The van der Waals surface area contributed by atoms with Crippen LogP contribution < -0.4 is 5.32 Å². The standard InChI is InChI=1S/C27H30N6O3/c1-15-11-21-22(12-16(15)2)32-25(31-21)7-8-28-26(34)24-14-33(9-10-36-24)27(35)19-5-6-20-23(13-19)30-18(4)17(3)29-20/h5-6,11-13,24H,7-10,14H2,1-4H3,(H,28,34)(H,31,32). The van der Waals surface area contributed by atoms with Crippen LogP contribution in [0.2, 0.25) is 0 Å². The molecule has 2 amide bonds. The van der Waals surface area contributed by atoms with Gasteiger partial charge in [-0.25, -0.2) is 15.0 Å². The first kappa shape index (κ1) is 23.9. The van der Waals surface area contributed by atoms with E-state index in [0.717, 1.165) is 33.8 Å². The molecule has 2 aromatic heterocycles. The van der Waals surface area contributed by atoms with Gasteiger partial charge in [0.1, 0.15) is 5.82 Å². The highest BCUT2D eigenvalue weighted by Crippen LogP contribution is 2.19. The SMILES string of the molecule is Cc1cc2nc(CCNC(=O)C3CN(C(=O)c4ccc5nc(C)c(C)nc5c4)CCO3)[nH]c2cc1C. The smallest absolute Gasteiger partial charge is 0.254 e. The summed E-state index contributed by atoms with van der Waals surface area (Å²) in [5, 5.41) is 2.92. The number of aromatic nitrogens is 4. The van der Waals surface area contributed by atoms with Crippen molar-refractivity contribution >= 4 is 33.9 Å². The number of hydrogen-bond acceptors (Lipinski definition) is 6. The van der Waals surface area contributed by atoms with E-state index in [1.165, 1.54) is 11.1 Å². The van der Waals surface area contributed by atoms with E-state index in [-0.39, 0.29) is 18.4 Å². The summed E-state index contributed by atoms with van der Waals surface area (Å²) < 4.78 is 5.68. The van der Waals surface area contributed by atoms with Crippen LogP contribution in [-0.4, -0.2) is 69.0 Å². The molecule has 9 heteroatoms. The van der Waals surface area contributed by atoms with Crippen molar-refractivity contribution in [2.45, 2.75) is 40.2 Å². The van der Waals surface area contributed by atoms with E-state index in [1.807, 2.05) is 19.9 Å². The van der Waals surface area contributed by atoms with Gasteiger partial charge in [0.05, 0.1) is 46.6 Å². The van der Waals surface area contributed by atoms with Gasteiger partial charge < -0.3 is 19.9 Å². The summed E-state index contributed by atoms with van der Waals surface area (Å²) in [4.78, 5) is 44.6. The van der Waals surface area contributed by atoms with E-state index in [4.69, 9.17) is 4.74 Å². The zero-order valence-electron chi connectivity index (χ0n) is 21.0. The Kier molecular flexibility index (Phi) is 6.40. The Morgan fingerprint density at radius 2 is 1.75 bits per heavy atom. The fraction of sp³-hybridized carbons (Fsp3) is 0.370. The highest BCUT2D eigenvalue weighted by atomic mass is 16.5. The normalized spacial score (nSPS) is 16.0. The maximum atomic E-state index is 13.2. The second-order valence-corrected chi connectivity index (χ2v) is 9.39. The number of benzene rings is 2. The molecular weight excluding hydrogens is 456 g/mol. The van der Waals surface area contributed by atoms with Gasteiger partial charge in [0, 0.05) is 25.1 Å². The molecule has 1 atom stereocenters. The number of nitrogens with one attached hydrogen (secondary N) is 2. The maximum Gasteiger partial charge on any atom is 0.254 e. The number of aromatic amines is 1. The third kappa shape index (κ3) is 4.79. The van der Waals surface area contributed by atoms with E-state index in [9.17, 15) is 9.59 Å². The predicted molar refractivity (Wildman–Crippen MR) is 137 cm³/mol. The van der Waals surface area contributed by atoms with Crippen LogP contribution in [0.5, 0.6) is 0 Å². The topological polar surface area (TPSA) is 113 Å². The first-order valence-electron chi connectivity index (χ1n) is 12.2. The van der Waals surface area contributed by atoms with Gasteiger partial charge >= 0.3 is 0 Å². The van der Waals surface area contributed by atoms with Crippen LogP contribution in [0.15, 0.2) is 30.3 Å². The Balaban J connectivity index is 1.19. The molecule has 9 nitrogen and oxygen atoms in total. The van der Waals surface area contributed by atoms with Crippen molar-refractivity contribution in [3.8, 4) is 0 Å². The maximum absolute atomic E-state index is 13.2. The molecule has 3 heterocycles. The predicted octanol–water partition coefficient (Wildman–Crippen LogP) is 2.94. The number of amides is 2. The second-order valence-electron chi connectivity index (χ2n) is 9.39. The lowest BCUT2D eigenvalue weighted by atomic mass is 10.1. The average Bonchev–Trinajstić information content (AvgIpc) is 3.25. The highest BCUT2D eigenvalue weighted by molar-refractivity contribution is 5.97. The number of rotatable bonds is 5. The molecule has 1 aliphatic rings. The summed E-state index contributed by atoms with van der Waals surface area (Å²) >= 11 is 0. The summed E-state index contributed by atoms with van der Waals surface area (Å²) in [6, 6.07) is 9.49. The van der Waals surface area contributed by atoms with Crippen molar-refractivity contribution in [3.63, 3.8) is 0 Å². The van der Waals surface area contributed by atoms with Gasteiger partial charge in [0.15, 0.2) is 6.10 Å². The molecule has 0 saturated carbocycles. The molecular formula is C27H30N6O3. The Morgan fingerprint density at radius 1 is 1.00 bits per heavy atom. The number of aryl methyl sites for hydroxylation is 4. The molecule has 2 aromatic carbocycles. The fourth-order valence-electron chi connectivity index (χ4n) is 4.40. The second kappa shape index (κ2) is 9.66. The number of carbonyl (C=O) groups is 2. The molecule has 1 aliphatic heterocycles. The van der Waals surface area contributed by atoms with Crippen LogP contribution in [-0.2, 0) is 16.0 Å². The minimum Gasteiger partial charge on any atom is -0.365 e. The number of morpholine rings is 1. The first-order valence-corrected chi connectivity index (χ1v) is 12.2. The van der Waals surface area contributed by atoms with Crippen molar-refractivity contribution < 1.29 is 14.3 Å². The molecule has 2 N–H and O–H groups in total. The van der Waals surface area contributed by atoms with E-state index in [0.29, 0.717) is 37.2 Å². The van der Waals surface area contributed by atoms with Crippen LogP contribution in [0.3, 0.4) is 0 Å². The van der Waals surface area contributed by atoms with Crippen molar-refractivity contribution in [1.82, 2.24) is 30.2 Å².